The molecule has 4 aromatic rings. The van der Waals surface area contributed by atoms with Crippen LogP contribution in [-0.4, -0.2) is 27.6 Å². The van der Waals surface area contributed by atoms with Crippen molar-refractivity contribution in [1.29, 1.82) is 0 Å². The van der Waals surface area contributed by atoms with Crippen LogP contribution in [0.2, 0.25) is 5.02 Å². The Balaban J connectivity index is 1.60. The summed E-state index contributed by atoms with van der Waals surface area (Å²) in [6.45, 7) is 2.84. The second-order valence-electron chi connectivity index (χ2n) is 7.83. The van der Waals surface area contributed by atoms with Gasteiger partial charge in [-0.25, -0.2) is 4.39 Å². The molecule has 0 radical (unpaired) electrons. The molecule has 1 amide bonds. The number of hydrogen-bond donors (Lipinski definition) is 1. The van der Waals surface area contributed by atoms with Crippen molar-refractivity contribution in [3.8, 4) is 17.0 Å². The highest BCUT2D eigenvalue weighted by Crippen LogP contribution is 2.43. The minimum Gasteiger partial charge on any atom is -0.494 e. The molecule has 1 unspecified atom stereocenters. The van der Waals surface area contributed by atoms with Gasteiger partial charge in [-0.2, -0.15) is 5.10 Å². The number of carbonyl (C=O) groups is 1. The van der Waals surface area contributed by atoms with Crippen LogP contribution in [-0.2, 0) is 6.54 Å². The van der Waals surface area contributed by atoms with Crippen LogP contribution in [0.15, 0.2) is 72.8 Å². The summed E-state index contributed by atoms with van der Waals surface area (Å²) in [6, 6.07) is 21.0. The monoisotopic (exact) mass is 461 g/mol. The summed E-state index contributed by atoms with van der Waals surface area (Å²) in [4.78, 5) is 15.2. The number of rotatable bonds is 6. The van der Waals surface area contributed by atoms with Crippen molar-refractivity contribution in [2.24, 2.45) is 0 Å². The second kappa shape index (κ2) is 8.71. The van der Waals surface area contributed by atoms with E-state index in [1.54, 1.807) is 29.2 Å². The first-order valence-corrected chi connectivity index (χ1v) is 11.1. The van der Waals surface area contributed by atoms with Crippen LogP contribution in [0, 0.1) is 5.82 Å². The fourth-order valence-corrected chi connectivity index (χ4v) is 4.36. The van der Waals surface area contributed by atoms with Gasteiger partial charge in [0.05, 0.1) is 18.3 Å². The number of nitrogens with one attached hydrogen (secondary N) is 1. The summed E-state index contributed by atoms with van der Waals surface area (Å²) in [5, 5.41) is 8.05. The molecule has 7 heteroatoms. The molecule has 0 saturated heterocycles. The Labute approximate surface area is 195 Å². The number of amides is 1. The van der Waals surface area contributed by atoms with Gasteiger partial charge in [0.25, 0.3) is 5.91 Å². The van der Waals surface area contributed by atoms with E-state index in [-0.39, 0.29) is 17.8 Å². The maximum absolute atomic E-state index is 13.5. The van der Waals surface area contributed by atoms with E-state index in [4.69, 9.17) is 16.3 Å². The van der Waals surface area contributed by atoms with Crippen molar-refractivity contribution in [2.75, 3.05) is 6.61 Å². The zero-order chi connectivity index (χ0) is 22.9. The van der Waals surface area contributed by atoms with E-state index < -0.39 is 0 Å². The maximum atomic E-state index is 13.5. The van der Waals surface area contributed by atoms with Gasteiger partial charge in [0, 0.05) is 22.7 Å². The topological polar surface area (TPSA) is 58.2 Å². The van der Waals surface area contributed by atoms with Gasteiger partial charge in [-0.1, -0.05) is 48.0 Å². The molecule has 0 saturated carbocycles. The third-order valence-electron chi connectivity index (χ3n) is 5.75. The van der Waals surface area contributed by atoms with E-state index in [9.17, 15) is 9.18 Å². The smallest absolute Gasteiger partial charge is 0.273 e. The molecule has 1 aliphatic heterocycles. The summed E-state index contributed by atoms with van der Waals surface area (Å²) < 4.78 is 19.0. The molecule has 1 atom stereocenters. The fourth-order valence-electron chi connectivity index (χ4n) is 4.23. The first-order valence-electron chi connectivity index (χ1n) is 10.7. The summed E-state index contributed by atoms with van der Waals surface area (Å²) in [7, 11) is 0. The van der Waals surface area contributed by atoms with Gasteiger partial charge < -0.3 is 9.64 Å². The molecule has 33 heavy (non-hydrogen) atoms. The summed E-state index contributed by atoms with van der Waals surface area (Å²) >= 11 is 6.07. The van der Waals surface area contributed by atoms with Crippen molar-refractivity contribution in [3.05, 3.63) is 106 Å². The minimum atomic E-state index is -0.363. The fraction of sp³-hybridized carbons (Fsp3) is 0.154. The molecular formula is C26H21ClFN3O2. The Morgan fingerprint density at radius 2 is 1.73 bits per heavy atom. The molecule has 0 bridgehead atoms. The summed E-state index contributed by atoms with van der Waals surface area (Å²) in [5.41, 5.74) is 4.62. The Morgan fingerprint density at radius 3 is 2.39 bits per heavy atom. The third kappa shape index (κ3) is 3.98. The Hall–Kier alpha value is -3.64. The minimum absolute atomic E-state index is 0.152. The van der Waals surface area contributed by atoms with Gasteiger partial charge >= 0.3 is 0 Å². The first-order chi connectivity index (χ1) is 16.0. The predicted octanol–water partition coefficient (Wildman–Crippen LogP) is 6.01. The lowest BCUT2D eigenvalue weighted by molar-refractivity contribution is 0.0730. The van der Waals surface area contributed by atoms with Crippen molar-refractivity contribution >= 4 is 17.5 Å². The molecule has 3 aromatic carbocycles. The van der Waals surface area contributed by atoms with Crippen molar-refractivity contribution < 1.29 is 13.9 Å². The van der Waals surface area contributed by atoms with E-state index >= 15 is 0 Å². The van der Waals surface area contributed by atoms with Crippen LogP contribution >= 0.6 is 11.6 Å². The molecule has 2 heterocycles. The molecule has 1 aliphatic rings. The number of ether oxygens (including phenoxy) is 1. The number of halogens is 2. The number of benzene rings is 3. The predicted molar refractivity (Wildman–Crippen MR) is 125 cm³/mol. The van der Waals surface area contributed by atoms with Crippen LogP contribution < -0.4 is 4.74 Å². The van der Waals surface area contributed by atoms with E-state index in [2.05, 4.69) is 10.2 Å². The number of carbonyl (C=O) groups excluding carboxylic acids is 1. The lowest BCUT2D eigenvalue weighted by Gasteiger charge is -2.26. The lowest BCUT2D eigenvalue weighted by Crippen LogP contribution is -2.29. The zero-order valence-corrected chi connectivity index (χ0v) is 18.6. The van der Waals surface area contributed by atoms with E-state index in [1.165, 1.54) is 12.1 Å². The molecule has 0 spiro atoms. The standard InChI is InChI=1S/C26H21ClFN3O2/c1-2-33-21-13-7-18(8-14-21)25-22-23(17-5-9-19(27)10-6-17)29-30-24(22)26(32)31(25)15-16-3-11-20(28)12-4-16/h3-14,25H,2,15H2,1H3,(H,29,30). The highest BCUT2D eigenvalue weighted by atomic mass is 35.5. The number of fused-ring (bicyclic) bond motifs is 1. The zero-order valence-electron chi connectivity index (χ0n) is 17.9. The lowest BCUT2D eigenvalue weighted by atomic mass is 9.96. The number of H-pyrrole nitrogens is 1. The average Bonchev–Trinajstić information content (AvgIpc) is 3.36. The van der Waals surface area contributed by atoms with Gasteiger partial charge in [0.2, 0.25) is 0 Å². The molecule has 166 valence electrons. The van der Waals surface area contributed by atoms with E-state index in [0.29, 0.717) is 29.6 Å². The molecule has 0 fully saturated rings. The van der Waals surface area contributed by atoms with Crippen LogP contribution in [0.1, 0.15) is 40.1 Å². The summed E-state index contributed by atoms with van der Waals surface area (Å²) in [5.74, 6) is 0.302. The van der Waals surface area contributed by atoms with Gasteiger partial charge in [-0.3, -0.25) is 9.89 Å². The molecule has 1 aromatic heterocycles. The van der Waals surface area contributed by atoms with E-state index in [1.807, 2.05) is 43.3 Å². The van der Waals surface area contributed by atoms with Crippen LogP contribution in [0.3, 0.4) is 0 Å². The molecule has 0 aliphatic carbocycles. The van der Waals surface area contributed by atoms with Gasteiger partial charge in [-0.05, 0) is 54.4 Å². The Bertz CT molecular complexity index is 1280. The number of aromatic nitrogens is 2. The molecular weight excluding hydrogens is 441 g/mol. The quantitative estimate of drug-likeness (QED) is 0.382. The number of hydrogen-bond acceptors (Lipinski definition) is 3. The highest BCUT2D eigenvalue weighted by molar-refractivity contribution is 6.30. The number of nitrogens with zero attached hydrogens (tertiary/aromatic N) is 2. The Morgan fingerprint density at radius 1 is 1.03 bits per heavy atom. The normalized spacial score (nSPS) is 15.1. The second-order valence-corrected chi connectivity index (χ2v) is 8.27. The maximum Gasteiger partial charge on any atom is 0.273 e. The number of aromatic amines is 1. The van der Waals surface area contributed by atoms with Crippen LogP contribution in [0.4, 0.5) is 4.39 Å². The van der Waals surface area contributed by atoms with Crippen molar-refractivity contribution in [3.63, 3.8) is 0 Å². The molecule has 5 nitrogen and oxygen atoms in total. The van der Waals surface area contributed by atoms with Gasteiger partial charge in [0.15, 0.2) is 0 Å². The molecule has 1 N–H and O–H groups in total. The summed E-state index contributed by atoms with van der Waals surface area (Å²) in [6.07, 6.45) is 0. The van der Waals surface area contributed by atoms with Gasteiger partial charge in [-0.15, -0.1) is 0 Å². The van der Waals surface area contributed by atoms with Crippen LogP contribution in [0.5, 0.6) is 5.75 Å². The SMILES string of the molecule is CCOc1ccc(C2c3c(-c4ccc(Cl)cc4)n[nH]c3C(=O)N2Cc2ccc(F)cc2)cc1. The highest BCUT2D eigenvalue weighted by Gasteiger charge is 2.42. The average molecular weight is 462 g/mol. The van der Waals surface area contributed by atoms with Gasteiger partial charge in [0.1, 0.15) is 17.3 Å². The van der Waals surface area contributed by atoms with Crippen molar-refractivity contribution in [2.45, 2.75) is 19.5 Å². The third-order valence-corrected chi connectivity index (χ3v) is 6.01. The van der Waals surface area contributed by atoms with E-state index in [0.717, 1.165) is 28.0 Å². The molecule has 5 rings (SSSR count). The van der Waals surface area contributed by atoms with Crippen molar-refractivity contribution in [1.82, 2.24) is 15.1 Å². The largest absolute Gasteiger partial charge is 0.494 e. The van der Waals surface area contributed by atoms with Crippen LogP contribution in [0.25, 0.3) is 11.3 Å². The first kappa shape index (κ1) is 21.2. The Kier molecular flexibility index (Phi) is 5.60.